The van der Waals surface area contributed by atoms with Crippen LogP contribution in [0.3, 0.4) is 0 Å². The number of carbonyl (C=O) groups is 3. The van der Waals surface area contributed by atoms with Crippen molar-refractivity contribution in [3.63, 3.8) is 0 Å². The molecule has 0 radical (unpaired) electrons. The number of nitrogens with one attached hydrogen (secondary N) is 2. The molecule has 7 heteroatoms. The van der Waals surface area contributed by atoms with Crippen LogP contribution in [0.2, 0.25) is 0 Å². The number of ketones is 2. The van der Waals surface area contributed by atoms with Crippen LogP contribution in [-0.2, 0) is 14.3 Å². The molecule has 1 amide bonds. The number of cyclic esters (lactones) is 1. The Morgan fingerprint density at radius 3 is 2.43 bits per heavy atom. The third kappa shape index (κ3) is 7.84. The van der Waals surface area contributed by atoms with Crippen molar-refractivity contribution < 1.29 is 19.1 Å². The molecule has 2 atom stereocenters. The lowest BCUT2D eigenvalue weighted by Gasteiger charge is -2.35. The molecule has 1 aliphatic rings. The van der Waals surface area contributed by atoms with Gasteiger partial charge in [0.25, 0.3) is 0 Å². The summed E-state index contributed by atoms with van der Waals surface area (Å²) < 4.78 is 5.27. The Morgan fingerprint density at radius 1 is 1.17 bits per heavy atom. The highest BCUT2D eigenvalue weighted by atomic mass is 16.6. The highest BCUT2D eigenvalue weighted by Gasteiger charge is 2.37. The summed E-state index contributed by atoms with van der Waals surface area (Å²) in [6.45, 7) is 12.4. The number of allylic oxidation sites excluding steroid dienone is 1. The van der Waals surface area contributed by atoms with Crippen LogP contribution in [-0.4, -0.2) is 66.4 Å². The molecule has 0 bridgehead atoms. The van der Waals surface area contributed by atoms with Crippen molar-refractivity contribution in [2.75, 3.05) is 26.7 Å². The van der Waals surface area contributed by atoms with E-state index in [2.05, 4.69) is 10.6 Å². The van der Waals surface area contributed by atoms with Gasteiger partial charge in [0.05, 0.1) is 17.6 Å². The molecule has 0 aromatic carbocycles. The van der Waals surface area contributed by atoms with E-state index >= 15 is 0 Å². The number of hydrogen-bond acceptors (Lipinski definition) is 6. The van der Waals surface area contributed by atoms with E-state index in [1.54, 1.807) is 13.1 Å². The van der Waals surface area contributed by atoms with Gasteiger partial charge in [-0.2, -0.15) is 0 Å². The molecule has 30 heavy (non-hydrogen) atoms. The van der Waals surface area contributed by atoms with Gasteiger partial charge >= 0.3 is 6.09 Å². The van der Waals surface area contributed by atoms with E-state index in [4.69, 9.17) is 4.74 Å². The minimum atomic E-state index is -0.791. The molecule has 172 valence electrons. The van der Waals surface area contributed by atoms with Gasteiger partial charge in [0.15, 0.2) is 11.6 Å². The van der Waals surface area contributed by atoms with Gasteiger partial charge in [-0.1, -0.05) is 26.0 Å². The van der Waals surface area contributed by atoms with E-state index in [1.165, 1.54) is 4.90 Å². The van der Waals surface area contributed by atoms with Gasteiger partial charge in [-0.25, -0.2) is 4.79 Å². The fourth-order valence-corrected chi connectivity index (χ4v) is 3.88. The van der Waals surface area contributed by atoms with Gasteiger partial charge in [0.2, 0.25) is 0 Å². The molecule has 0 aromatic heterocycles. The molecule has 7 nitrogen and oxygen atoms in total. The predicted molar refractivity (Wildman–Crippen MR) is 120 cm³/mol. The normalized spacial score (nSPS) is 29.2. The van der Waals surface area contributed by atoms with Crippen LogP contribution >= 0.6 is 0 Å². The van der Waals surface area contributed by atoms with E-state index in [-0.39, 0.29) is 42.8 Å². The summed E-state index contributed by atoms with van der Waals surface area (Å²) in [6.07, 6.45) is 5.79. The molecule has 0 fully saturated rings. The van der Waals surface area contributed by atoms with Crippen molar-refractivity contribution in [2.24, 2.45) is 5.92 Å². The van der Waals surface area contributed by atoms with Crippen molar-refractivity contribution in [1.29, 1.82) is 0 Å². The van der Waals surface area contributed by atoms with E-state index in [9.17, 15) is 14.4 Å². The number of hydrogen-bond donors (Lipinski definition) is 2. The fourth-order valence-electron chi connectivity index (χ4n) is 3.88. The Balaban J connectivity index is 3.11. The van der Waals surface area contributed by atoms with Crippen molar-refractivity contribution in [2.45, 2.75) is 84.3 Å². The molecule has 2 N–H and O–H groups in total. The Bertz CT molecular complexity index is 632. The topological polar surface area (TPSA) is 87.7 Å². The standard InChI is InChI=1S/C23H41N3O4/c1-17(2)20(28)23(6)12-9-8-10-15-30-21(29)26(7)14-11-13-22(5,25-18(3)4)19(27)16-24-23/h8,10,17-18,24-25H,9,11-16H2,1-7H3/b10-8+/t22-,23+/m1/s1. The molecule has 0 spiro atoms. The quantitative estimate of drug-likeness (QED) is 0.676. The molecular weight excluding hydrogens is 382 g/mol. The van der Waals surface area contributed by atoms with Crippen molar-refractivity contribution in [3.05, 3.63) is 12.2 Å². The lowest BCUT2D eigenvalue weighted by Crippen LogP contribution is -2.59. The zero-order valence-electron chi connectivity index (χ0n) is 19.8. The third-order valence-corrected chi connectivity index (χ3v) is 5.69. The first kappa shape index (κ1) is 26.3. The summed E-state index contributed by atoms with van der Waals surface area (Å²) in [5.41, 5.74) is -1.54. The minimum absolute atomic E-state index is 0.0202. The van der Waals surface area contributed by atoms with Gasteiger partial charge in [-0.3, -0.25) is 14.9 Å². The average Bonchev–Trinajstić information content (AvgIpc) is 2.66. The lowest BCUT2D eigenvalue weighted by atomic mass is 9.83. The minimum Gasteiger partial charge on any atom is -0.445 e. The maximum Gasteiger partial charge on any atom is 0.409 e. The molecular formula is C23H41N3O4. The molecule has 1 rings (SSSR count). The van der Waals surface area contributed by atoms with Crippen LogP contribution in [0.5, 0.6) is 0 Å². The highest BCUT2D eigenvalue weighted by Crippen LogP contribution is 2.21. The molecule has 0 saturated heterocycles. The van der Waals surface area contributed by atoms with Gasteiger partial charge in [-0.15, -0.1) is 0 Å². The summed E-state index contributed by atoms with van der Waals surface area (Å²) in [4.78, 5) is 39.8. The van der Waals surface area contributed by atoms with Crippen LogP contribution in [0.4, 0.5) is 4.79 Å². The monoisotopic (exact) mass is 423 g/mol. The summed E-state index contributed by atoms with van der Waals surface area (Å²) in [5.74, 6) is -0.0212. The van der Waals surface area contributed by atoms with Gasteiger partial charge < -0.3 is 15.0 Å². The second kappa shape index (κ2) is 11.6. The second-order valence-electron chi connectivity index (χ2n) is 9.37. The molecule has 0 aliphatic carbocycles. The van der Waals surface area contributed by atoms with E-state index in [0.717, 1.165) is 0 Å². The number of Topliss-reactive ketones (excluding diaryl/α,β-unsaturated/α-hetero) is 2. The Labute approximate surface area is 182 Å². The number of carbonyl (C=O) groups excluding carboxylic acids is 3. The molecule has 0 saturated carbocycles. The maximum absolute atomic E-state index is 13.2. The smallest absolute Gasteiger partial charge is 0.409 e. The first-order valence-corrected chi connectivity index (χ1v) is 11.0. The average molecular weight is 424 g/mol. The first-order chi connectivity index (χ1) is 13.9. The predicted octanol–water partition coefficient (Wildman–Crippen LogP) is 3.08. The van der Waals surface area contributed by atoms with Crippen LogP contribution in [0, 0.1) is 5.92 Å². The second-order valence-corrected chi connectivity index (χ2v) is 9.37. The Morgan fingerprint density at radius 2 is 1.83 bits per heavy atom. The van der Waals surface area contributed by atoms with Gasteiger partial charge in [0.1, 0.15) is 6.61 Å². The lowest BCUT2D eigenvalue weighted by molar-refractivity contribution is -0.129. The fraction of sp³-hybridized carbons (Fsp3) is 0.783. The zero-order chi connectivity index (χ0) is 22.9. The van der Waals surface area contributed by atoms with Crippen molar-refractivity contribution in [3.8, 4) is 0 Å². The Kier molecular flexibility index (Phi) is 10.2. The van der Waals surface area contributed by atoms with Crippen molar-refractivity contribution >= 4 is 17.7 Å². The van der Waals surface area contributed by atoms with Gasteiger partial charge in [-0.05, 0) is 53.4 Å². The van der Waals surface area contributed by atoms with Gasteiger partial charge in [0, 0.05) is 25.6 Å². The van der Waals surface area contributed by atoms with E-state index < -0.39 is 11.1 Å². The van der Waals surface area contributed by atoms with Crippen molar-refractivity contribution in [1.82, 2.24) is 15.5 Å². The van der Waals surface area contributed by atoms with Crippen LogP contribution in [0.15, 0.2) is 12.2 Å². The number of ether oxygens (including phenoxy) is 1. The van der Waals surface area contributed by atoms with Crippen LogP contribution < -0.4 is 10.6 Å². The molecule has 1 heterocycles. The summed E-state index contributed by atoms with van der Waals surface area (Å²) in [5, 5.41) is 6.68. The SMILES string of the molecule is CC(C)N[C@]1(C)CCCN(C)C(=O)OC/C=C/CC[C@@](C)(C(=O)C(C)C)NCC1=O. The maximum atomic E-state index is 13.2. The summed E-state index contributed by atoms with van der Waals surface area (Å²) in [7, 11) is 1.70. The Hall–Kier alpha value is -1.73. The van der Waals surface area contributed by atoms with Crippen LogP contribution in [0.25, 0.3) is 0 Å². The largest absolute Gasteiger partial charge is 0.445 e. The van der Waals surface area contributed by atoms with E-state index in [0.29, 0.717) is 32.2 Å². The number of rotatable bonds is 4. The molecule has 0 unspecified atom stereocenters. The zero-order valence-corrected chi connectivity index (χ0v) is 19.8. The summed E-state index contributed by atoms with van der Waals surface area (Å²) >= 11 is 0. The number of nitrogens with zero attached hydrogens (tertiary/aromatic N) is 1. The molecule has 1 aliphatic heterocycles. The first-order valence-electron chi connectivity index (χ1n) is 11.0. The molecule has 0 aromatic rings. The van der Waals surface area contributed by atoms with E-state index in [1.807, 2.05) is 47.6 Å². The summed E-state index contributed by atoms with van der Waals surface area (Å²) in [6, 6.07) is 0.126. The third-order valence-electron chi connectivity index (χ3n) is 5.69. The number of amides is 1. The highest BCUT2D eigenvalue weighted by molar-refractivity contribution is 5.93. The van der Waals surface area contributed by atoms with Crippen LogP contribution in [0.1, 0.15) is 67.2 Å².